The maximum absolute atomic E-state index is 13.0. The molecule has 0 bridgehead atoms. The molecule has 10 nitrogen and oxygen atoms in total. The average Bonchev–Trinajstić information content (AvgIpc) is 3.29. The van der Waals surface area contributed by atoms with Crippen LogP contribution < -0.4 is 11.1 Å². The van der Waals surface area contributed by atoms with E-state index in [0.717, 1.165) is 24.9 Å². The predicted molar refractivity (Wildman–Crippen MR) is 135 cm³/mol. The van der Waals surface area contributed by atoms with Crippen molar-refractivity contribution in [1.82, 2.24) is 24.3 Å². The van der Waals surface area contributed by atoms with Crippen molar-refractivity contribution in [3.63, 3.8) is 0 Å². The molecule has 13 heteroatoms. The number of benzene rings is 1. The monoisotopic (exact) mass is 539 g/mol. The Morgan fingerprint density at radius 2 is 1.90 bits per heavy atom. The van der Waals surface area contributed by atoms with Crippen LogP contribution in [0.15, 0.2) is 55.0 Å². The normalized spacial score (nSPS) is 18.7. The number of rotatable bonds is 5. The number of hydrogen-bond donors (Lipinski definition) is 2. The molecule has 0 aliphatic carbocycles. The molecule has 0 spiro atoms. The number of nitrogens with zero attached hydrogens (tertiary/aromatic N) is 5. The molecule has 4 aromatic rings. The van der Waals surface area contributed by atoms with Crippen LogP contribution in [0.1, 0.15) is 27.8 Å². The van der Waals surface area contributed by atoms with Crippen molar-refractivity contribution < 1.29 is 27.4 Å². The lowest BCUT2D eigenvalue weighted by Crippen LogP contribution is -2.53. The Balaban J connectivity index is 1.27. The van der Waals surface area contributed by atoms with Gasteiger partial charge >= 0.3 is 6.18 Å². The van der Waals surface area contributed by atoms with Crippen molar-refractivity contribution in [2.75, 3.05) is 44.0 Å². The summed E-state index contributed by atoms with van der Waals surface area (Å²) in [5.74, 6) is 0.193. The van der Waals surface area contributed by atoms with Crippen LogP contribution in [0.5, 0.6) is 0 Å². The van der Waals surface area contributed by atoms with E-state index in [-0.39, 0.29) is 17.5 Å². The van der Waals surface area contributed by atoms with Crippen LogP contribution in [-0.4, -0.2) is 69.1 Å². The highest BCUT2D eigenvalue weighted by molar-refractivity contribution is 6.04. The van der Waals surface area contributed by atoms with Crippen LogP contribution >= 0.6 is 0 Å². The minimum atomic E-state index is -4.54. The quantitative estimate of drug-likeness (QED) is 0.396. The number of pyridine rings is 1. The molecule has 1 atom stereocenters. The summed E-state index contributed by atoms with van der Waals surface area (Å²) in [5.41, 5.74) is 7.48. The van der Waals surface area contributed by atoms with Crippen molar-refractivity contribution in [3.05, 3.63) is 71.9 Å². The second kappa shape index (κ2) is 9.91. The zero-order valence-electron chi connectivity index (χ0n) is 20.6. The molecule has 3 aromatic heterocycles. The summed E-state index contributed by atoms with van der Waals surface area (Å²) >= 11 is 0. The summed E-state index contributed by atoms with van der Waals surface area (Å²) in [7, 11) is 0. The third kappa shape index (κ3) is 4.91. The topological polar surface area (TPSA) is 120 Å². The lowest BCUT2D eigenvalue weighted by molar-refractivity contribution is -0.137. The van der Waals surface area contributed by atoms with Crippen molar-refractivity contribution in [2.45, 2.75) is 18.3 Å². The first-order valence-electron chi connectivity index (χ1n) is 12.3. The predicted octanol–water partition coefficient (Wildman–Crippen LogP) is 3.42. The number of carbonyl (C=O) groups is 1. The number of ether oxygens (including phenoxy) is 2. The van der Waals surface area contributed by atoms with Gasteiger partial charge in [0.15, 0.2) is 0 Å². The highest BCUT2D eigenvalue weighted by Crippen LogP contribution is 2.33. The Bertz CT molecular complexity index is 1520. The molecular formula is C26H24F3N7O3. The van der Waals surface area contributed by atoms with Gasteiger partial charge in [0.2, 0.25) is 0 Å². The molecule has 2 saturated heterocycles. The van der Waals surface area contributed by atoms with E-state index < -0.39 is 17.6 Å². The van der Waals surface area contributed by atoms with E-state index in [1.54, 1.807) is 36.7 Å². The smallest absolute Gasteiger partial charge is 0.382 e. The van der Waals surface area contributed by atoms with Crippen LogP contribution in [0.25, 0.3) is 16.8 Å². The van der Waals surface area contributed by atoms with Crippen molar-refractivity contribution in [2.24, 2.45) is 0 Å². The van der Waals surface area contributed by atoms with E-state index in [2.05, 4.69) is 20.2 Å². The summed E-state index contributed by atoms with van der Waals surface area (Å²) in [6.45, 7) is 3.47. The van der Waals surface area contributed by atoms with E-state index in [0.29, 0.717) is 60.8 Å². The summed E-state index contributed by atoms with van der Waals surface area (Å²) < 4.78 is 52.3. The average molecular weight is 540 g/mol. The third-order valence-corrected chi connectivity index (χ3v) is 6.88. The number of amides is 1. The molecule has 2 aliphatic rings. The minimum absolute atomic E-state index is 0.197. The SMILES string of the molecule is Nc1nccn2c([C@H]3CN(C4COC4)CCO3)nc(-c3ccc(C(=O)Nc4cc(C(F)(F)F)ccn4)cc3)c12. The van der Waals surface area contributed by atoms with Gasteiger partial charge in [0, 0.05) is 42.8 Å². The van der Waals surface area contributed by atoms with Crippen molar-refractivity contribution in [3.8, 4) is 11.3 Å². The molecule has 0 unspecified atom stereocenters. The summed E-state index contributed by atoms with van der Waals surface area (Å²) in [4.78, 5) is 28.0. The molecule has 202 valence electrons. The molecule has 6 rings (SSSR count). The van der Waals surface area contributed by atoms with Crippen LogP contribution in [0.3, 0.4) is 0 Å². The summed E-state index contributed by atoms with van der Waals surface area (Å²) in [5, 5.41) is 2.41. The van der Waals surface area contributed by atoms with Gasteiger partial charge in [-0.1, -0.05) is 12.1 Å². The number of aromatic nitrogens is 4. The molecule has 2 aliphatic heterocycles. The van der Waals surface area contributed by atoms with Crippen molar-refractivity contribution in [1.29, 1.82) is 0 Å². The Kier molecular flexibility index (Phi) is 6.41. The lowest BCUT2D eigenvalue weighted by Gasteiger charge is -2.41. The fourth-order valence-electron chi connectivity index (χ4n) is 4.75. The Hall–Kier alpha value is -4.07. The summed E-state index contributed by atoms with van der Waals surface area (Å²) in [6, 6.07) is 8.52. The van der Waals surface area contributed by atoms with E-state index in [4.69, 9.17) is 20.2 Å². The van der Waals surface area contributed by atoms with Crippen LogP contribution in [0, 0.1) is 0 Å². The number of alkyl halides is 3. The maximum atomic E-state index is 13.0. The largest absolute Gasteiger partial charge is 0.416 e. The maximum Gasteiger partial charge on any atom is 0.416 e. The van der Waals surface area contributed by atoms with Gasteiger partial charge in [-0.25, -0.2) is 15.0 Å². The molecule has 2 fully saturated rings. The number of nitrogens with two attached hydrogens (primary N) is 1. The number of nitrogen functional groups attached to an aromatic ring is 1. The molecule has 1 amide bonds. The number of carbonyl (C=O) groups excluding carboxylic acids is 1. The van der Waals surface area contributed by atoms with Gasteiger partial charge in [0.05, 0.1) is 31.4 Å². The Morgan fingerprint density at radius 3 is 2.62 bits per heavy atom. The zero-order chi connectivity index (χ0) is 27.1. The molecule has 3 N–H and O–H groups in total. The van der Waals surface area contributed by atoms with E-state index in [1.807, 2.05) is 4.40 Å². The molecular weight excluding hydrogens is 515 g/mol. The van der Waals surface area contributed by atoms with Crippen LogP contribution in [-0.2, 0) is 15.7 Å². The van der Waals surface area contributed by atoms with Gasteiger partial charge in [0.25, 0.3) is 5.91 Å². The van der Waals surface area contributed by atoms with E-state index >= 15 is 0 Å². The number of morpholine rings is 1. The number of fused-ring (bicyclic) bond motifs is 1. The zero-order valence-corrected chi connectivity index (χ0v) is 20.6. The van der Waals surface area contributed by atoms with E-state index in [9.17, 15) is 18.0 Å². The van der Waals surface area contributed by atoms with Crippen molar-refractivity contribution >= 4 is 23.1 Å². The lowest BCUT2D eigenvalue weighted by atomic mass is 10.1. The molecule has 1 aromatic carbocycles. The Labute approximate surface area is 220 Å². The first-order chi connectivity index (χ1) is 18.8. The fraction of sp³-hybridized carbons (Fsp3) is 0.308. The number of halogens is 3. The summed E-state index contributed by atoms with van der Waals surface area (Å²) in [6.07, 6.45) is -0.438. The highest BCUT2D eigenvalue weighted by atomic mass is 19.4. The van der Waals surface area contributed by atoms with E-state index in [1.165, 1.54) is 0 Å². The molecule has 39 heavy (non-hydrogen) atoms. The highest BCUT2D eigenvalue weighted by Gasteiger charge is 2.34. The third-order valence-electron chi connectivity index (χ3n) is 6.88. The number of imidazole rings is 1. The number of nitrogens with one attached hydrogen (secondary N) is 1. The van der Waals surface area contributed by atoms with Gasteiger partial charge in [-0.15, -0.1) is 0 Å². The van der Waals surface area contributed by atoms with Gasteiger partial charge in [-0.3, -0.25) is 14.1 Å². The van der Waals surface area contributed by atoms with Gasteiger partial charge in [0.1, 0.15) is 34.8 Å². The minimum Gasteiger partial charge on any atom is -0.382 e. The van der Waals surface area contributed by atoms with Gasteiger partial charge < -0.3 is 20.5 Å². The van der Waals surface area contributed by atoms with Gasteiger partial charge in [-0.2, -0.15) is 13.2 Å². The molecule has 0 saturated carbocycles. The second-order valence-corrected chi connectivity index (χ2v) is 9.35. The standard InChI is InChI=1S/C26H24F3N7O3/c27-26(28,29)17-5-6-31-20(11-17)33-25(37)16-3-1-15(2-4-16)21-22-23(30)32-7-8-36(22)24(34-21)19-12-35(9-10-39-19)18-13-38-14-18/h1-8,11,18-19H,9-10,12-14H2,(H2,30,32)(H,31,33,37)/t19-/m1/s1. The Morgan fingerprint density at radius 1 is 1.10 bits per heavy atom. The number of anilines is 2. The van der Waals surface area contributed by atoms with Crippen LogP contribution in [0.4, 0.5) is 24.8 Å². The first-order valence-corrected chi connectivity index (χ1v) is 12.3. The van der Waals surface area contributed by atoms with Gasteiger partial charge in [-0.05, 0) is 24.3 Å². The fourth-order valence-corrected chi connectivity index (χ4v) is 4.75. The second-order valence-electron chi connectivity index (χ2n) is 9.35. The molecule has 5 heterocycles. The first kappa shape index (κ1) is 25.2. The number of hydrogen-bond acceptors (Lipinski definition) is 8. The van der Waals surface area contributed by atoms with Crippen LogP contribution in [0.2, 0.25) is 0 Å². The molecule has 0 radical (unpaired) electrons.